The van der Waals surface area contributed by atoms with Crippen LogP contribution in [0.3, 0.4) is 0 Å². The second-order valence-electron chi connectivity index (χ2n) is 9.07. The molecule has 1 aliphatic heterocycles. The Bertz CT molecular complexity index is 915. The molecule has 0 N–H and O–H groups in total. The Morgan fingerprint density at radius 3 is 1.52 bits per heavy atom. The van der Waals surface area contributed by atoms with Gasteiger partial charge in [-0.25, -0.2) is 0 Å². The van der Waals surface area contributed by atoms with Gasteiger partial charge in [-0.15, -0.1) is 0 Å². The van der Waals surface area contributed by atoms with E-state index in [2.05, 4.69) is 36.4 Å². The van der Waals surface area contributed by atoms with E-state index in [-0.39, 0.29) is 11.9 Å². The van der Waals surface area contributed by atoms with Crippen LogP contribution in [0.2, 0.25) is 0 Å². The maximum absolute atomic E-state index is 13.1. The fourth-order valence-corrected chi connectivity index (χ4v) is 6.63. The van der Waals surface area contributed by atoms with Crippen molar-refractivity contribution in [1.82, 2.24) is 0 Å². The summed E-state index contributed by atoms with van der Waals surface area (Å²) < 4.78 is 5.37. The standard InChI is InChI=1S/C24H22O3/c25-21-23-11-17-7-3-4-8-18(17)12-24(23,22(26)27-21)14-20-10-16-6-2-1-5-15(16)9-19(20)13-23/h1-8,19-20H,9-14H2/t19-,20+,23+,24-. The highest BCUT2D eigenvalue weighted by atomic mass is 16.6. The predicted molar refractivity (Wildman–Crippen MR) is 99.9 cm³/mol. The van der Waals surface area contributed by atoms with Crippen LogP contribution < -0.4 is 0 Å². The molecular formula is C24H22O3. The zero-order valence-electron chi connectivity index (χ0n) is 15.2. The third kappa shape index (κ3) is 1.87. The van der Waals surface area contributed by atoms with Gasteiger partial charge >= 0.3 is 11.9 Å². The molecule has 6 rings (SSSR count). The Morgan fingerprint density at radius 1 is 0.667 bits per heavy atom. The van der Waals surface area contributed by atoms with Crippen molar-refractivity contribution < 1.29 is 14.3 Å². The van der Waals surface area contributed by atoms with Gasteiger partial charge in [-0.05, 0) is 72.6 Å². The van der Waals surface area contributed by atoms with Gasteiger partial charge in [-0.1, -0.05) is 48.5 Å². The maximum Gasteiger partial charge on any atom is 0.321 e. The molecule has 0 radical (unpaired) electrons. The van der Waals surface area contributed by atoms with E-state index in [0.29, 0.717) is 24.7 Å². The zero-order chi connectivity index (χ0) is 18.2. The SMILES string of the molecule is O=C1OC(=O)[C@]23Cc4ccccc4C[C@]12C[C@H]1Cc2ccccc2C[C@H]1C3. The molecule has 0 amide bonds. The normalized spacial score (nSPS) is 36.0. The monoisotopic (exact) mass is 358 g/mol. The van der Waals surface area contributed by atoms with Crippen molar-refractivity contribution in [3.05, 3.63) is 70.8 Å². The highest BCUT2D eigenvalue weighted by Crippen LogP contribution is 2.65. The van der Waals surface area contributed by atoms with Gasteiger partial charge < -0.3 is 4.74 Å². The zero-order valence-corrected chi connectivity index (χ0v) is 15.2. The number of cyclic esters (lactones) is 2. The van der Waals surface area contributed by atoms with Gasteiger partial charge in [0.15, 0.2) is 0 Å². The van der Waals surface area contributed by atoms with Gasteiger partial charge in [0.05, 0.1) is 10.8 Å². The molecule has 0 spiro atoms. The molecule has 4 aliphatic rings. The summed E-state index contributed by atoms with van der Waals surface area (Å²) in [6, 6.07) is 17.0. The molecule has 1 saturated heterocycles. The van der Waals surface area contributed by atoms with E-state index >= 15 is 0 Å². The van der Waals surface area contributed by atoms with Crippen LogP contribution in [0.5, 0.6) is 0 Å². The van der Waals surface area contributed by atoms with Gasteiger partial charge in [-0.3, -0.25) is 9.59 Å². The Balaban J connectivity index is 1.49. The van der Waals surface area contributed by atoms with Crippen LogP contribution in [-0.4, -0.2) is 11.9 Å². The quantitative estimate of drug-likeness (QED) is 0.533. The lowest BCUT2D eigenvalue weighted by Crippen LogP contribution is -2.57. The summed E-state index contributed by atoms with van der Waals surface area (Å²) >= 11 is 0. The summed E-state index contributed by atoms with van der Waals surface area (Å²) in [5.74, 6) is 0.382. The van der Waals surface area contributed by atoms with Gasteiger partial charge in [0, 0.05) is 0 Å². The third-order valence-electron chi connectivity index (χ3n) is 7.96. The largest absolute Gasteiger partial charge is 0.392 e. The Hall–Kier alpha value is -2.42. The maximum atomic E-state index is 13.1. The predicted octanol–water partition coefficient (Wildman–Crippen LogP) is 3.67. The fourth-order valence-electron chi connectivity index (χ4n) is 6.63. The van der Waals surface area contributed by atoms with E-state index in [0.717, 1.165) is 25.7 Å². The first-order chi connectivity index (χ1) is 13.1. The minimum atomic E-state index is -0.661. The van der Waals surface area contributed by atoms with E-state index in [1.54, 1.807) is 0 Å². The molecule has 2 aromatic carbocycles. The van der Waals surface area contributed by atoms with E-state index in [4.69, 9.17) is 4.74 Å². The molecule has 1 heterocycles. The summed E-state index contributed by atoms with van der Waals surface area (Å²) in [5.41, 5.74) is 3.94. The van der Waals surface area contributed by atoms with Gasteiger partial charge in [0.1, 0.15) is 0 Å². The van der Waals surface area contributed by atoms with Gasteiger partial charge in [0.25, 0.3) is 0 Å². The van der Waals surface area contributed by atoms with E-state index < -0.39 is 10.8 Å². The number of rotatable bonds is 0. The highest BCUT2D eigenvalue weighted by Gasteiger charge is 2.72. The molecule has 0 bridgehead atoms. The number of hydrogen-bond acceptors (Lipinski definition) is 3. The molecule has 0 unspecified atom stereocenters. The fraction of sp³-hybridized carbons (Fsp3) is 0.417. The molecule has 2 aromatic rings. The summed E-state index contributed by atoms with van der Waals surface area (Å²) in [4.78, 5) is 26.1. The van der Waals surface area contributed by atoms with Crippen LogP contribution in [0.25, 0.3) is 0 Å². The lowest BCUT2D eigenvalue weighted by Gasteiger charge is -2.54. The van der Waals surface area contributed by atoms with Crippen molar-refractivity contribution in [1.29, 1.82) is 0 Å². The first kappa shape index (κ1) is 15.6. The molecule has 27 heavy (non-hydrogen) atoms. The Kier molecular flexibility index (Phi) is 2.95. The average molecular weight is 358 g/mol. The van der Waals surface area contributed by atoms with Crippen LogP contribution in [-0.2, 0) is 40.0 Å². The number of hydrogen-bond donors (Lipinski definition) is 0. The van der Waals surface area contributed by atoms with E-state index in [9.17, 15) is 9.59 Å². The topological polar surface area (TPSA) is 43.4 Å². The smallest absolute Gasteiger partial charge is 0.321 e. The summed E-state index contributed by atoms with van der Waals surface area (Å²) in [6.45, 7) is 0. The van der Waals surface area contributed by atoms with Gasteiger partial charge in [-0.2, -0.15) is 0 Å². The van der Waals surface area contributed by atoms with Crippen molar-refractivity contribution in [2.45, 2.75) is 38.5 Å². The molecule has 3 aliphatic carbocycles. The number of esters is 2. The minimum absolute atomic E-state index is 0.265. The summed E-state index contributed by atoms with van der Waals surface area (Å²) in [7, 11) is 0. The molecule has 0 aromatic heterocycles. The lowest BCUT2D eigenvalue weighted by atomic mass is 9.45. The third-order valence-corrected chi connectivity index (χ3v) is 7.96. The molecule has 3 heteroatoms. The Labute approximate surface area is 158 Å². The van der Waals surface area contributed by atoms with E-state index in [1.165, 1.54) is 22.3 Å². The van der Waals surface area contributed by atoms with Crippen LogP contribution in [0.15, 0.2) is 48.5 Å². The molecular weight excluding hydrogens is 336 g/mol. The van der Waals surface area contributed by atoms with Crippen molar-refractivity contribution in [3.63, 3.8) is 0 Å². The van der Waals surface area contributed by atoms with Crippen LogP contribution in [0.1, 0.15) is 35.1 Å². The number of fused-ring (bicyclic) bond motifs is 3. The molecule has 136 valence electrons. The molecule has 4 atom stereocenters. The molecule has 3 nitrogen and oxygen atoms in total. The van der Waals surface area contributed by atoms with Crippen LogP contribution >= 0.6 is 0 Å². The Morgan fingerprint density at radius 2 is 1.07 bits per heavy atom. The number of carbonyl (C=O) groups is 2. The number of benzene rings is 2. The van der Waals surface area contributed by atoms with Crippen LogP contribution in [0, 0.1) is 22.7 Å². The van der Waals surface area contributed by atoms with Crippen molar-refractivity contribution in [3.8, 4) is 0 Å². The average Bonchev–Trinajstić information content (AvgIpc) is 2.88. The summed E-state index contributed by atoms with van der Waals surface area (Å²) in [5, 5.41) is 0. The lowest BCUT2D eigenvalue weighted by molar-refractivity contribution is -0.155. The van der Waals surface area contributed by atoms with Crippen molar-refractivity contribution in [2.75, 3.05) is 0 Å². The number of ether oxygens (including phenoxy) is 1. The second kappa shape index (κ2) is 5.09. The highest BCUT2D eigenvalue weighted by molar-refractivity contribution is 6.03. The van der Waals surface area contributed by atoms with Gasteiger partial charge in [0.2, 0.25) is 0 Å². The first-order valence-electron chi connectivity index (χ1n) is 10.0. The van der Waals surface area contributed by atoms with Crippen LogP contribution in [0.4, 0.5) is 0 Å². The van der Waals surface area contributed by atoms with Crippen molar-refractivity contribution >= 4 is 11.9 Å². The number of carbonyl (C=O) groups excluding carboxylic acids is 2. The summed E-state index contributed by atoms with van der Waals surface area (Å²) in [6.07, 6.45) is 4.90. The molecule has 2 fully saturated rings. The first-order valence-corrected chi connectivity index (χ1v) is 10.0. The minimum Gasteiger partial charge on any atom is -0.392 e. The van der Waals surface area contributed by atoms with E-state index in [1.807, 2.05) is 12.1 Å². The second-order valence-corrected chi connectivity index (χ2v) is 9.07. The van der Waals surface area contributed by atoms with Crippen molar-refractivity contribution in [2.24, 2.45) is 22.7 Å². The molecule has 1 saturated carbocycles.